The molecule has 2 aromatic rings. The van der Waals surface area contributed by atoms with Crippen LogP contribution in [0.1, 0.15) is 5.56 Å². The Morgan fingerprint density at radius 2 is 1.75 bits per heavy atom. The van der Waals surface area contributed by atoms with Gasteiger partial charge in [-0.15, -0.1) is 0 Å². The van der Waals surface area contributed by atoms with E-state index in [-0.39, 0.29) is 0 Å². The molecule has 0 radical (unpaired) electrons. The fourth-order valence-corrected chi connectivity index (χ4v) is 1.87. The highest BCUT2D eigenvalue weighted by Gasteiger charge is 2.04. The summed E-state index contributed by atoms with van der Waals surface area (Å²) in [4.78, 5) is 4.16. The molecule has 0 saturated heterocycles. The molecule has 0 aliphatic carbocycles. The fraction of sp³-hybridized carbons (Fsp3) is 0.267. The summed E-state index contributed by atoms with van der Waals surface area (Å²) in [6.07, 6.45) is 3.57. The second-order valence-electron chi connectivity index (χ2n) is 4.26. The summed E-state index contributed by atoms with van der Waals surface area (Å²) in [6.45, 7) is 0.690. The minimum atomic E-state index is 0.690. The molecule has 1 aromatic carbocycles. The maximum atomic E-state index is 5.29. The van der Waals surface area contributed by atoms with Crippen LogP contribution in [0.5, 0.6) is 11.5 Å². The van der Waals surface area contributed by atoms with E-state index < -0.39 is 0 Å². The fourth-order valence-electron chi connectivity index (χ4n) is 1.87. The normalized spacial score (nSPS) is 9.95. The molecule has 106 valence electrons. The summed E-state index contributed by atoms with van der Waals surface area (Å²) in [5.74, 6) is 1.46. The number of methoxy groups -OCH3 is 2. The van der Waals surface area contributed by atoms with E-state index in [9.17, 15) is 0 Å². The second-order valence-corrected chi connectivity index (χ2v) is 4.26. The first-order valence-electron chi connectivity index (χ1n) is 6.34. The minimum Gasteiger partial charge on any atom is -0.493 e. The average Bonchev–Trinajstić information content (AvgIpc) is 2.52. The van der Waals surface area contributed by atoms with Crippen molar-refractivity contribution >= 4 is 11.4 Å². The number of hydrogen-bond acceptors (Lipinski definition) is 5. The van der Waals surface area contributed by atoms with Crippen molar-refractivity contribution in [3.63, 3.8) is 0 Å². The molecule has 0 aliphatic rings. The van der Waals surface area contributed by atoms with Crippen molar-refractivity contribution in [1.82, 2.24) is 4.98 Å². The molecule has 2 rings (SSSR count). The van der Waals surface area contributed by atoms with E-state index >= 15 is 0 Å². The standard InChI is InChI=1S/C15H19N3O2/c1-16-12-7-13(10-17-9-12)18-8-11-4-5-14(19-2)15(6-11)20-3/h4-7,9-10,16,18H,8H2,1-3H3. The molecule has 1 aromatic heterocycles. The second kappa shape index (κ2) is 6.65. The highest BCUT2D eigenvalue weighted by Crippen LogP contribution is 2.27. The van der Waals surface area contributed by atoms with Crippen LogP contribution in [0.4, 0.5) is 11.4 Å². The number of rotatable bonds is 6. The molecule has 0 atom stereocenters. The van der Waals surface area contributed by atoms with Crippen molar-refractivity contribution in [2.75, 3.05) is 31.9 Å². The Bertz CT molecular complexity index is 573. The molecule has 0 spiro atoms. The zero-order valence-corrected chi connectivity index (χ0v) is 11.9. The Balaban J connectivity index is 2.06. The van der Waals surface area contributed by atoms with Gasteiger partial charge in [0.15, 0.2) is 11.5 Å². The number of ether oxygens (including phenoxy) is 2. The Kier molecular flexibility index (Phi) is 4.65. The molecule has 0 fully saturated rings. The first kappa shape index (κ1) is 14.0. The van der Waals surface area contributed by atoms with Crippen LogP contribution in [0, 0.1) is 0 Å². The topological polar surface area (TPSA) is 55.4 Å². The molecule has 0 saturated carbocycles. The van der Waals surface area contributed by atoms with Gasteiger partial charge >= 0.3 is 0 Å². The van der Waals surface area contributed by atoms with Crippen molar-refractivity contribution in [2.24, 2.45) is 0 Å². The van der Waals surface area contributed by atoms with Gasteiger partial charge in [-0.2, -0.15) is 0 Å². The lowest BCUT2D eigenvalue weighted by molar-refractivity contribution is 0.354. The van der Waals surface area contributed by atoms with Crippen molar-refractivity contribution in [2.45, 2.75) is 6.54 Å². The van der Waals surface area contributed by atoms with Gasteiger partial charge in [0.05, 0.1) is 38.0 Å². The molecular formula is C15H19N3O2. The van der Waals surface area contributed by atoms with Crippen LogP contribution in [0.15, 0.2) is 36.7 Å². The molecule has 20 heavy (non-hydrogen) atoms. The number of aromatic nitrogens is 1. The lowest BCUT2D eigenvalue weighted by Crippen LogP contribution is -2.01. The number of hydrogen-bond donors (Lipinski definition) is 2. The zero-order chi connectivity index (χ0) is 14.4. The third-order valence-corrected chi connectivity index (χ3v) is 2.97. The van der Waals surface area contributed by atoms with Gasteiger partial charge in [0.25, 0.3) is 0 Å². The Hall–Kier alpha value is -2.43. The Labute approximate surface area is 118 Å². The quantitative estimate of drug-likeness (QED) is 0.847. The molecule has 0 unspecified atom stereocenters. The summed E-state index contributed by atoms with van der Waals surface area (Å²) >= 11 is 0. The first-order chi connectivity index (χ1) is 9.76. The molecule has 5 heteroatoms. The van der Waals surface area contributed by atoms with E-state index in [1.54, 1.807) is 26.6 Å². The van der Waals surface area contributed by atoms with Gasteiger partial charge in [0, 0.05) is 13.6 Å². The summed E-state index contributed by atoms with van der Waals surface area (Å²) in [7, 11) is 5.13. The van der Waals surface area contributed by atoms with E-state index in [4.69, 9.17) is 9.47 Å². The molecule has 0 aliphatic heterocycles. The Morgan fingerprint density at radius 3 is 2.45 bits per heavy atom. The monoisotopic (exact) mass is 273 g/mol. The van der Waals surface area contributed by atoms with Crippen LogP contribution in [0.3, 0.4) is 0 Å². The lowest BCUT2D eigenvalue weighted by Gasteiger charge is -2.11. The van der Waals surface area contributed by atoms with E-state index in [0.717, 1.165) is 28.4 Å². The third kappa shape index (κ3) is 3.32. The lowest BCUT2D eigenvalue weighted by atomic mass is 10.2. The van der Waals surface area contributed by atoms with Gasteiger partial charge in [-0.1, -0.05) is 6.07 Å². The average molecular weight is 273 g/mol. The largest absolute Gasteiger partial charge is 0.493 e. The van der Waals surface area contributed by atoms with Gasteiger partial charge in [-0.25, -0.2) is 0 Å². The van der Waals surface area contributed by atoms with Crippen molar-refractivity contribution in [3.8, 4) is 11.5 Å². The van der Waals surface area contributed by atoms with Crippen LogP contribution >= 0.6 is 0 Å². The SMILES string of the molecule is CNc1cncc(NCc2ccc(OC)c(OC)c2)c1. The van der Waals surface area contributed by atoms with Crippen molar-refractivity contribution in [3.05, 3.63) is 42.2 Å². The number of benzene rings is 1. The van der Waals surface area contributed by atoms with E-state index in [1.807, 2.05) is 31.3 Å². The molecule has 0 bridgehead atoms. The summed E-state index contributed by atoms with van der Waals surface area (Å²) in [5, 5.41) is 6.39. The zero-order valence-electron chi connectivity index (χ0n) is 11.9. The number of nitrogens with zero attached hydrogens (tertiary/aromatic N) is 1. The van der Waals surface area contributed by atoms with Gasteiger partial charge in [-0.05, 0) is 23.8 Å². The highest BCUT2D eigenvalue weighted by molar-refractivity contribution is 5.54. The van der Waals surface area contributed by atoms with Crippen LogP contribution in [0.25, 0.3) is 0 Å². The third-order valence-electron chi connectivity index (χ3n) is 2.97. The maximum absolute atomic E-state index is 5.29. The summed E-state index contributed by atoms with van der Waals surface area (Å²) in [5.41, 5.74) is 3.05. The molecule has 1 heterocycles. The van der Waals surface area contributed by atoms with Crippen molar-refractivity contribution in [1.29, 1.82) is 0 Å². The van der Waals surface area contributed by atoms with Gasteiger partial charge < -0.3 is 20.1 Å². The van der Waals surface area contributed by atoms with E-state index in [1.165, 1.54) is 0 Å². The Morgan fingerprint density at radius 1 is 1.00 bits per heavy atom. The van der Waals surface area contributed by atoms with Crippen molar-refractivity contribution < 1.29 is 9.47 Å². The molecule has 0 amide bonds. The number of nitrogens with one attached hydrogen (secondary N) is 2. The van der Waals surface area contributed by atoms with Gasteiger partial charge in [0.2, 0.25) is 0 Å². The number of anilines is 2. The maximum Gasteiger partial charge on any atom is 0.161 e. The van der Waals surface area contributed by atoms with Crippen LogP contribution < -0.4 is 20.1 Å². The van der Waals surface area contributed by atoms with E-state index in [2.05, 4.69) is 15.6 Å². The predicted molar refractivity (Wildman–Crippen MR) is 80.7 cm³/mol. The first-order valence-corrected chi connectivity index (χ1v) is 6.34. The molecule has 2 N–H and O–H groups in total. The van der Waals surface area contributed by atoms with Crippen LogP contribution in [-0.2, 0) is 6.54 Å². The number of pyridine rings is 1. The predicted octanol–water partition coefficient (Wildman–Crippen LogP) is 2.75. The summed E-state index contributed by atoms with van der Waals surface area (Å²) in [6, 6.07) is 7.87. The van der Waals surface area contributed by atoms with Gasteiger partial charge in [0.1, 0.15) is 0 Å². The molecule has 5 nitrogen and oxygen atoms in total. The van der Waals surface area contributed by atoms with Crippen LogP contribution in [-0.4, -0.2) is 26.3 Å². The summed E-state index contributed by atoms with van der Waals surface area (Å²) < 4.78 is 10.5. The minimum absolute atomic E-state index is 0.690. The molecular weight excluding hydrogens is 254 g/mol. The van der Waals surface area contributed by atoms with Crippen LogP contribution in [0.2, 0.25) is 0 Å². The highest BCUT2D eigenvalue weighted by atomic mass is 16.5. The van der Waals surface area contributed by atoms with Gasteiger partial charge in [-0.3, -0.25) is 4.98 Å². The smallest absolute Gasteiger partial charge is 0.161 e. The van der Waals surface area contributed by atoms with E-state index in [0.29, 0.717) is 6.54 Å².